The Balaban J connectivity index is 1.60. The van der Waals surface area contributed by atoms with E-state index in [0.717, 1.165) is 23.2 Å². The van der Waals surface area contributed by atoms with Crippen molar-refractivity contribution in [3.8, 4) is 22.5 Å². The molecule has 0 fully saturated rings. The molecule has 0 radical (unpaired) electrons. The number of nitrogens with zero attached hydrogens (tertiary/aromatic N) is 6. The van der Waals surface area contributed by atoms with Crippen LogP contribution in [-0.2, 0) is 16.8 Å². The van der Waals surface area contributed by atoms with Gasteiger partial charge in [-0.05, 0) is 48.4 Å². The molecule has 3 heterocycles. The van der Waals surface area contributed by atoms with Crippen LogP contribution in [0.25, 0.3) is 22.5 Å². The van der Waals surface area contributed by atoms with E-state index >= 15 is 0 Å². The van der Waals surface area contributed by atoms with Crippen molar-refractivity contribution in [2.45, 2.75) is 58.4 Å². The van der Waals surface area contributed by atoms with E-state index in [4.69, 9.17) is 10.7 Å². The van der Waals surface area contributed by atoms with Crippen molar-refractivity contribution in [1.82, 2.24) is 29.9 Å². The van der Waals surface area contributed by atoms with Gasteiger partial charge < -0.3 is 5.73 Å². The molecule has 4 aromatic rings. The number of amides is 1. The molecule has 0 unspecified atom stereocenters. The molecule has 0 aliphatic heterocycles. The monoisotopic (exact) mass is 517 g/mol. The van der Waals surface area contributed by atoms with Gasteiger partial charge in [0.2, 0.25) is 5.91 Å². The highest BCUT2D eigenvalue weighted by Crippen LogP contribution is 2.61. The molecule has 5 rings (SSSR count). The fourth-order valence-corrected chi connectivity index (χ4v) is 5.74. The lowest BCUT2D eigenvalue weighted by Crippen LogP contribution is -2.40. The number of hydrogen-bond donors (Lipinski definition) is 1. The molecule has 1 aliphatic carbocycles. The Morgan fingerprint density at radius 3 is 2.50 bits per heavy atom. The Labute approximate surface area is 219 Å². The number of primary amides is 1. The van der Waals surface area contributed by atoms with Crippen LogP contribution in [0.5, 0.6) is 0 Å². The van der Waals surface area contributed by atoms with Gasteiger partial charge in [0.05, 0.1) is 46.1 Å². The maximum Gasteiger partial charge on any atom is 0.219 e. The fraction of sp³-hybridized carbons (Fsp3) is 0.357. The molecule has 38 heavy (non-hydrogen) atoms. The maximum absolute atomic E-state index is 14.6. The first-order chi connectivity index (χ1) is 18.1. The molecule has 1 aliphatic rings. The summed E-state index contributed by atoms with van der Waals surface area (Å²) >= 11 is 0. The number of aryl methyl sites for hydroxylation is 1. The van der Waals surface area contributed by atoms with Gasteiger partial charge in [0, 0.05) is 30.9 Å². The molecule has 0 bridgehead atoms. The number of carbonyl (C=O) groups excluding carboxylic acids is 1. The smallest absolute Gasteiger partial charge is 0.219 e. The third-order valence-electron chi connectivity index (χ3n) is 8.12. The van der Waals surface area contributed by atoms with Gasteiger partial charge in [-0.2, -0.15) is 10.2 Å². The van der Waals surface area contributed by atoms with Crippen LogP contribution in [0, 0.1) is 17.0 Å². The van der Waals surface area contributed by atoms with Crippen molar-refractivity contribution in [1.29, 1.82) is 0 Å². The summed E-state index contributed by atoms with van der Waals surface area (Å²) < 4.78 is 30.8. The zero-order chi connectivity index (χ0) is 27.2. The molecule has 1 aromatic carbocycles. The quantitative estimate of drug-likeness (QED) is 0.377. The number of benzene rings is 1. The number of nitrogens with two attached hydrogens (primary N) is 1. The first-order valence-corrected chi connectivity index (χ1v) is 12.5. The Morgan fingerprint density at radius 2 is 1.82 bits per heavy atom. The molecule has 10 heteroatoms. The maximum atomic E-state index is 14.6. The van der Waals surface area contributed by atoms with E-state index in [1.54, 1.807) is 35.5 Å². The van der Waals surface area contributed by atoms with E-state index in [1.807, 2.05) is 0 Å². The third-order valence-corrected chi connectivity index (χ3v) is 8.12. The Bertz CT molecular complexity index is 1510. The molecule has 8 nitrogen and oxygen atoms in total. The second-order valence-electron chi connectivity index (χ2n) is 10.4. The van der Waals surface area contributed by atoms with Crippen molar-refractivity contribution >= 4 is 5.91 Å². The zero-order valence-corrected chi connectivity index (χ0v) is 21.7. The molecular weight excluding hydrogens is 488 g/mol. The average molecular weight is 518 g/mol. The van der Waals surface area contributed by atoms with Gasteiger partial charge in [-0.1, -0.05) is 26.8 Å². The number of rotatable bonds is 7. The number of hydrogen-bond acceptors (Lipinski definition) is 6. The fourth-order valence-electron chi connectivity index (χ4n) is 5.74. The predicted molar refractivity (Wildman–Crippen MR) is 138 cm³/mol. The SMILES string of the molecule is CC[C@H]1c2cc(-c3c(F)cccc3F)nnc2[C@](C)(c2cncc(-c3cnn(CCC(N)=O)c3)n2)C1(C)C. The first kappa shape index (κ1) is 25.6. The lowest BCUT2D eigenvalue weighted by Gasteiger charge is -2.41. The van der Waals surface area contributed by atoms with Gasteiger partial charge in [0.1, 0.15) is 11.6 Å². The van der Waals surface area contributed by atoms with Crippen LogP contribution >= 0.6 is 0 Å². The molecule has 2 N–H and O–H groups in total. The Morgan fingerprint density at radius 1 is 1.08 bits per heavy atom. The topological polar surface area (TPSA) is 112 Å². The van der Waals surface area contributed by atoms with Crippen LogP contribution < -0.4 is 5.73 Å². The lowest BCUT2D eigenvalue weighted by atomic mass is 9.62. The summed E-state index contributed by atoms with van der Waals surface area (Å²) in [5.74, 6) is -1.72. The largest absolute Gasteiger partial charge is 0.370 e. The summed E-state index contributed by atoms with van der Waals surface area (Å²) in [4.78, 5) is 20.6. The third kappa shape index (κ3) is 3.95. The second kappa shape index (κ2) is 9.34. The summed E-state index contributed by atoms with van der Waals surface area (Å²) in [6, 6.07) is 5.54. The van der Waals surface area contributed by atoms with Crippen molar-refractivity contribution in [2.75, 3.05) is 0 Å². The predicted octanol–water partition coefficient (Wildman–Crippen LogP) is 4.79. The summed E-state index contributed by atoms with van der Waals surface area (Å²) in [7, 11) is 0. The molecule has 196 valence electrons. The van der Waals surface area contributed by atoms with Crippen molar-refractivity contribution < 1.29 is 13.6 Å². The summed E-state index contributed by atoms with van der Waals surface area (Å²) in [5, 5.41) is 13.2. The van der Waals surface area contributed by atoms with Crippen LogP contribution in [0.15, 0.2) is 49.1 Å². The minimum Gasteiger partial charge on any atom is -0.370 e. The molecule has 2 atom stereocenters. The molecule has 0 spiro atoms. The molecular formula is C28H29F2N7O. The highest BCUT2D eigenvalue weighted by atomic mass is 19.1. The van der Waals surface area contributed by atoms with Gasteiger partial charge in [-0.15, -0.1) is 5.10 Å². The van der Waals surface area contributed by atoms with E-state index in [9.17, 15) is 13.6 Å². The van der Waals surface area contributed by atoms with Gasteiger partial charge in [-0.25, -0.2) is 13.8 Å². The lowest BCUT2D eigenvalue weighted by molar-refractivity contribution is -0.118. The van der Waals surface area contributed by atoms with Crippen LogP contribution in [0.2, 0.25) is 0 Å². The van der Waals surface area contributed by atoms with Crippen LogP contribution in [0.1, 0.15) is 63.4 Å². The molecule has 3 aromatic heterocycles. The first-order valence-electron chi connectivity index (χ1n) is 12.5. The second-order valence-corrected chi connectivity index (χ2v) is 10.4. The Kier molecular flexibility index (Phi) is 6.28. The van der Waals surface area contributed by atoms with Crippen molar-refractivity contribution in [3.05, 3.63) is 77.6 Å². The van der Waals surface area contributed by atoms with Crippen LogP contribution in [0.3, 0.4) is 0 Å². The molecule has 1 amide bonds. The summed E-state index contributed by atoms with van der Waals surface area (Å²) in [6.07, 6.45) is 7.85. The normalized spacial score (nSPS) is 19.9. The highest BCUT2D eigenvalue weighted by molar-refractivity contribution is 5.73. The van der Waals surface area contributed by atoms with Crippen LogP contribution in [0.4, 0.5) is 8.78 Å². The van der Waals surface area contributed by atoms with Gasteiger partial charge >= 0.3 is 0 Å². The Hall–Kier alpha value is -4.08. The number of fused-ring (bicyclic) bond motifs is 1. The van der Waals surface area contributed by atoms with E-state index in [1.165, 1.54) is 18.2 Å². The van der Waals surface area contributed by atoms with Crippen LogP contribution in [-0.4, -0.2) is 35.9 Å². The minimum atomic E-state index is -0.687. The standard InChI is InChI=1S/C28H29F2N7O/c1-5-18-17-11-21(25-19(29)7-6-8-20(25)30)35-36-26(17)28(4,27(18,2)3)23-14-32-13-22(34-23)16-12-33-37(15-16)10-9-24(31)38/h6-8,11-15,18H,5,9-10H2,1-4H3,(H2,31,38)/t18-,28-/m0/s1. The zero-order valence-electron chi connectivity index (χ0n) is 21.7. The van der Waals surface area contributed by atoms with Crippen molar-refractivity contribution in [3.63, 3.8) is 0 Å². The highest BCUT2D eigenvalue weighted by Gasteiger charge is 2.57. The number of carbonyl (C=O) groups is 1. The summed E-state index contributed by atoms with van der Waals surface area (Å²) in [5.41, 5.74) is 7.90. The van der Waals surface area contributed by atoms with E-state index in [2.05, 4.69) is 48.0 Å². The van der Waals surface area contributed by atoms with E-state index < -0.39 is 23.0 Å². The average Bonchev–Trinajstić information content (AvgIpc) is 3.42. The van der Waals surface area contributed by atoms with E-state index in [0.29, 0.717) is 17.9 Å². The van der Waals surface area contributed by atoms with Crippen molar-refractivity contribution in [2.24, 2.45) is 11.1 Å². The molecule has 0 saturated heterocycles. The number of aromatic nitrogens is 6. The van der Waals surface area contributed by atoms with Gasteiger partial charge in [0.25, 0.3) is 0 Å². The van der Waals surface area contributed by atoms with Gasteiger partial charge in [0.15, 0.2) is 0 Å². The minimum absolute atomic E-state index is 0.0357. The van der Waals surface area contributed by atoms with Gasteiger partial charge in [-0.3, -0.25) is 14.5 Å². The molecule has 0 saturated carbocycles. The van der Waals surface area contributed by atoms with E-state index in [-0.39, 0.29) is 29.0 Å². The number of halogens is 2. The summed E-state index contributed by atoms with van der Waals surface area (Å²) in [6.45, 7) is 8.85.